The third kappa shape index (κ3) is 7.38. The highest BCUT2D eigenvalue weighted by Gasteiger charge is 2.26. The number of aryl methyl sites for hydroxylation is 1. The lowest BCUT2D eigenvalue weighted by atomic mass is 10.1. The third-order valence-corrected chi connectivity index (χ3v) is 3.40. The van der Waals surface area contributed by atoms with Crippen LogP contribution in [0.2, 0.25) is 0 Å². The van der Waals surface area contributed by atoms with Gasteiger partial charge in [0.1, 0.15) is 18.0 Å². The molecule has 1 aromatic heterocycles. The van der Waals surface area contributed by atoms with Gasteiger partial charge in [-0.15, -0.1) is 0 Å². The molecule has 0 aromatic carbocycles. The molecular formula is C15H24N6O4+2. The molecule has 0 aliphatic rings. The average molecular weight is 352 g/mol. The largest absolute Gasteiger partial charge is 0.368 e. The number of carbonyl (C=O) groups excluding carboxylic acids is 3. The Labute approximate surface area is 145 Å². The van der Waals surface area contributed by atoms with Gasteiger partial charge >= 0.3 is 0 Å². The van der Waals surface area contributed by atoms with Crippen molar-refractivity contribution in [3.05, 3.63) is 35.0 Å². The summed E-state index contributed by atoms with van der Waals surface area (Å²) in [5, 5.41) is 2.58. The number of hydrogen-bond donors (Lipinski definition) is 3. The van der Waals surface area contributed by atoms with Gasteiger partial charge in [-0.05, 0) is 6.07 Å². The van der Waals surface area contributed by atoms with E-state index in [-0.39, 0.29) is 30.8 Å². The highest BCUT2D eigenvalue weighted by molar-refractivity contribution is 5.90. The highest BCUT2D eigenvalue weighted by Crippen LogP contribution is 2.04. The van der Waals surface area contributed by atoms with Crippen LogP contribution >= 0.6 is 0 Å². The first-order valence-corrected chi connectivity index (χ1v) is 7.65. The van der Waals surface area contributed by atoms with Gasteiger partial charge in [0.05, 0.1) is 17.9 Å². The molecule has 0 aliphatic carbocycles. The predicted molar refractivity (Wildman–Crippen MR) is 87.4 cm³/mol. The number of nitrogens with one attached hydrogen (secondary N) is 1. The summed E-state index contributed by atoms with van der Waals surface area (Å²) in [7, 11) is 3.26. The first-order chi connectivity index (χ1) is 11.7. The number of rotatable bonds is 9. The zero-order valence-corrected chi connectivity index (χ0v) is 14.3. The Balaban J connectivity index is 2.88. The maximum absolute atomic E-state index is 12.5. The van der Waals surface area contributed by atoms with E-state index in [0.717, 1.165) is 10.5 Å². The average Bonchev–Trinajstić information content (AvgIpc) is 2.51. The third-order valence-electron chi connectivity index (χ3n) is 3.40. The van der Waals surface area contributed by atoms with Crippen LogP contribution in [0.5, 0.6) is 0 Å². The number of carbonyl (C=O) groups is 3. The van der Waals surface area contributed by atoms with Crippen molar-refractivity contribution in [2.24, 2.45) is 18.6 Å². The van der Waals surface area contributed by atoms with Gasteiger partial charge in [-0.25, -0.2) is 4.57 Å². The van der Waals surface area contributed by atoms with Crippen molar-refractivity contribution < 1.29 is 23.8 Å². The zero-order chi connectivity index (χ0) is 19.0. The fraction of sp³-hybridized carbons (Fsp3) is 0.467. The molecule has 0 saturated carbocycles. The molecule has 0 saturated heterocycles. The van der Waals surface area contributed by atoms with Gasteiger partial charge in [-0.3, -0.25) is 14.4 Å². The van der Waals surface area contributed by atoms with Gasteiger partial charge < -0.3 is 16.0 Å². The Kier molecular flexibility index (Phi) is 7.44. The van der Waals surface area contributed by atoms with E-state index in [1.165, 1.54) is 7.05 Å². The van der Waals surface area contributed by atoms with E-state index in [1.54, 1.807) is 0 Å². The smallest absolute Gasteiger partial charge is 0.245 e. The molecule has 0 spiro atoms. The Hall–Kier alpha value is -3.04. The Morgan fingerprint density at radius 1 is 1.40 bits per heavy atom. The summed E-state index contributed by atoms with van der Waals surface area (Å²) in [6.07, 6.45) is 3.74. The van der Waals surface area contributed by atoms with Gasteiger partial charge in [0, 0.05) is 25.1 Å². The van der Waals surface area contributed by atoms with Gasteiger partial charge in [0.2, 0.25) is 24.3 Å². The number of primary amides is 1. The van der Waals surface area contributed by atoms with Crippen LogP contribution in [0.3, 0.4) is 0 Å². The Morgan fingerprint density at radius 2 is 2.08 bits per heavy atom. The van der Waals surface area contributed by atoms with Crippen molar-refractivity contribution in [2.75, 3.05) is 20.1 Å². The zero-order valence-electron chi connectivity index (χ0n) is 14.3. The molecule has 0 radical (unpaired) electrons. The summed E-state index contributed by atoms with van der Waals surface area (Å²) in [6.45, 7) is -0.449. The highest BCUT2D eigenvalue weighted by atomic mass is 16.3. The van der Waals surface area contributed by atoms with Crippen LogP contribution < -0.4 is 21.5 Å². The van der Waals surface area contributed by atoms with E-state index >= 15 is 0 Å². The summed E-state index contributed by atoms with van der Waals surface area (Å²) in [6, 6.07) is 2.74. The fourth-order valence-electron chi connectivity index (χ4n) is 2.26. The monoisotopic (exact) mass is 352 g/mol. The number of nitroso groups, excluding NO2 is 1. The van der Waals surface area contributed by atoms with E-state index < -0.39 is 23.8 Å². The second-order valence-corrected chi connectivity index (χ2v) is 5.75. The molecule has 0 bridgehead atoms. The van der Waals surface area contributed by atoms with Crippen molar-refractivity contribution in [2.45, 2.75) is 18.9 Å². The molecule has 10 nitrogen and oxygen atoms in total. The fourth-order valence-corrected chi connectivity index (χ4v) is 2.26. The van der Waals surface area contributed by atoms with Crippen molar-refractivity contribution in [3.63, 3.8) is 0 Å². The number of amides is 3. The van der Waals surface area contributed by atoms with Crippen LogP contribution in [-0.2, 0) is 27.9 Å². The number of hydrogen-bond acceptors (Lipinski definition) is 4. The second kappa shape index (κ2) is 9.30. The summed E-state index contributed by atoms with van der Waals surface area (Å²) >= 11 is 0. The maximum atomic E-state index is 12.5. The van der Waals surface area contributed by atoms with Crippen LogP contribution in [-0.4, -0.2) is 53.7 Å². The molecule has 1 aromatic rings. The minimum Gasteiger partial charge on any atom is -0.368 e. The molecule has 1 heterocycles. The number of nitrogens with two attached hydrogens (primary N) is 2. The standard InChI is InChI=1S/C15H22N6O4/c1-19-6-3-4-11(9-19)8-12(15(24)20(2)10-13(16)22)18-14(23)5-7-21(17)25/h3-4,6,9,12H,5,7-8,10H2,1-2H3,(H3-2,16,17,18,22,23,25)/p+2/t12-/m0/s1. The predicted octanol–water partition coefficient (Wildman–Crippen LogP) is -2.48. The van der Waals surface area contributed by atoms with E-state index in [4.69, 9.17) is 11.6 Å². The quantitative estimate of drug-likeness (QED) is 0.256. The van der Waals surface area contributed by atoms with Gasteiger partial charge in [0.15, 0.2) is 12.4 Å². The van der Waals surface area contributed by atoms with Crippen molar-refractivity contribution >= 4 is 17.7 Å². The van der Waals surface area contributed by atoms with Crippen molar-refractivity contribution in [3.8, 4) is 0 Å². The molecule has 0 unspecified atom stereocenters. The molecular weight excluding hydrogens is 328 g/mol. The van der Waals surface area contributed by atoms with Crippen LogP contribution in [0.25, 0.3) is 0 Å². The topological polar surface area (TPSA) is 142 Å². The first kappa shape index (κ1) is 20.0. The molecule has 0 fully saturated rings. The van der Waals surface area contributed by atoms with Crippen molar-refractivity contribution in [1.29, 1.82) is 0 Å². The lowest BCUT2D eigenvalue weighted by Gasteiger charge is -2.23. The van der Waals surface area contributed by atoms with Crippen LogP contribution in [0.15, 0.2) is 24.5 Å². The molecule has 10 heteroatoms. The maximum Gasteiger partial charge on any atom is 0.245 e. The Bertz CT molecular complexity index is 663. The minimum absolute atomic E-state index is 0.146. The Morgan fingerprint density at radius 3 is 2.64 bits per heavy atom. The number of nitrogens with zero attached hydrogens (tertiary/aromatic N) is 3. The lowest BCUT2D eigenvalue weighted by molar-refractivity contribution is -0.671. The van der Waals surface area contributed by atoms with Gasteiger partial charge in [0.25, 0.3) is 0 Å². The number of likely N-dealkylation sites (N-methyl/N-ethyl adjacent to an activating group) is 1. The molecule has 0 aliphatic heterocycles. The van der Waals surface area contributed by atoms with E-state index in [2.05, 4.69) is 5.32 Å². The normalized spacial score (nSPS) is 11.4. The van der Waals surface area contributed by atoms with E-state index in [0.29, 0.717) is 0 Å². The van der Waals surface area contributed by atoms with Gasteiger partial charge in [-0.2, -0.15) is 5.84 Å². The van der Waals surface area contributed by atoms with Crippen LogP contribution in [0, 0.1) is 4.91 Å². The number of aromatic nitrogens is 1. The molecule has 3 amide bonds. The summed E-state index contributed by atoms with van der Waals surface area (Å²) < 4.78 is 1.82. The molecule has 1 atom stereocenters. The SMILES string of the molecule is CN(CC(N)=O)C(=O)[C@H](Cc1ccc[n+](C)c1)NC(=O)CC[N+](N)=O. The number of pyridine rings is 1. The second-order valence-electron chi connectivity index (χ2n) is 5.75. The van der Waals surface area contributed by atoms with Gasteiger partial charge in [-0.1, -0.05) is 0 Å². The summed E-state index contributed by atoms with van der Waals surface area (Å²) in [5.74, 6) is 3.35. The lowest BCUT2D eigenvalue weighted by Crippen LogP contribution is -2.50. The van der Waals surface area contributed by atoms with Crippen molar-refractivity contribution in [1.82, 2.24) is 10.2 Å². The first-order valence-electron chi connectivity index (χ1n) is 7.65. The summed E-state index contributed by atoms with van der Waals surface area (Å²) in [5.41, 5.74) is 5.93. The van der Waals surface area contributed by atoms with E-state index in [9.17, 15) is 19.3 Å². The van der Waals surface area contributed by atoms with E-state index in [1.807, 2.05) is 36.1 Å². The molecule has 136 valence electrons. The summed E-state index contributed by atoms with van der Waals surface area (Å²) in [4.78, 5) is 47.5. The van der Waals surface area contributed by atoms with Crippen LogP contribution in [0.4, 0.5) is 0 Å². The molecule has 25 heavy (non-hydrogen) atoms. The molecule has 5 N–H and O–H groups in total. The van der Waals surface area contributed by atoms with Crippen LogP contribution in [0.1, 0.15) is 12.0 Å². The minimum atomic E-state index is -0.892. The molecule has 1 rings (SSSR count). The number of hydrazine groups is 1.